The predicted molar refractivity (Wildman–Crippen MR) is 95.9 cm³/mol. The molecule has 1 aromatic carbocycles. The molecule has 6 heteroatoms. The van der Waals surface area contributed by atoms with Crippen molar-refractivity contribution in [3.05, 3.63) is 34.3 Å². The number of aryl methyl sites for hydroxylation is 1. The van der Waals surface area contributed by atoms with E-state index in [9.17, 15) is 9.59 Å². The van der Waals surface area contributed by atoms with E-state index in [1.54, 1.807) is 0 Å². The Morgan fingerprint density at radius 1 is 1.30 bits per heavy atom. The number of amides is 1. The number of thiol groups is 1. The lowest BCUT2D eigenvalue weighted by molar-refractivity contribution is -0.123. The van der Waals surface area contributed by atoms with Gasteiger partial charge in [0.2, 0.25) is 5.91 Å². The SMILES string of the molecule is Cc1cc(CN2CCC(NC(=O)CCC(=O)S)CC2)ccc1Cl. The zero-order valence-electron chi connectivity index (χ0n) is 13.3. The van der Waals surface area contributed by atoms with E-state index >= 15 is 0 Å². The molecule has 1 saturated heterocycles. The van der Waals surface area contributed by atoms with Gasteiger partial charge in [-0.15, -0.1) is 12.6 Å². The molecule has 1 fully saturated rings. The van der Waals surface area contributed by atoms with Crippen LogP contribution in [-0.2, 0) is 16.1 Å². The van der Waals surface area contributed by atoms with E-state index in [1.807, 2.05) is 13.0 Å². The second-order valence-corrected chi connectivity index (χ2v) is 7.00. The van der Waals surface area contributed by atoms with E-state index in [2.05, 4.69) is 35.0 Å². The highest BCUT2D eigenvalue weighted by Crippen LogP contribution is 2.19. The van der Waals surface area contributed by atoms with E-state index < -0.39 is 0 Å². The number of carbonyl (C=O) groups excluding carboxylic acids is 2. The Morgan fingerprint density at radius 2 is 2.00 bits per heavy atom. The Bertz CT molecular complexity index is 572. The molecule has 0 bridgehead atoms. The Balaban J connectivity index is 1.74. The summed E-state index contributed by atoms with van der Waals surface area (Å²) in [6.07, 6.45) is 2.30. The number of rotatable bonds is 6. The highest BCUT2D eigenvalue weighted by Gasteiger charge is 2.20. The highest BCUT2D eigenvalue weighted by molar-refractivity contribution is 7.96. The van der Waals surface area contributed by atoms with Crippen molar-refractivity contribution in [1.29, 1.82) is 0 Å². The minimum atomic E-state index is -0.242. The van der Waals surface area contributed by atoms with Gasteiger partial charge in [0.05, 0.1) is 0 Å². The molecule has 0 unspecified atom stereocenters. The maximum absolute atomic E-state index is 11.7. The maximum atomic E-state index is 11.7. The van der Waals surface area contributed by atoms with Crippen molar-refractivity contribution < 1.29 is 9.59 Å². The number of halogens is 1. The first-order valence-corrected chi connectivity index (χ1v) is 8.75. The third-order valence-corrected chi connectivity index (χ3v) is 4.79. The van der Waals surface area contributed by atoms with Crippen LogP contribution in [0.25, 0.3) is 0 Å². The average molecular weight is 355 g/mol. The van der Waals surface area contributed by atoms with Crippen LogP contribution < -0.4 is 5.32 Å². The lowest BCUT2D eigenvalue weighted by Crippen LogP contribution is -2.44. The van der Waals surface area contributed by atoms with Crippen molar-refractivity contribution in [2.24, 2.45) is 0 Å². The van der Waals surface area contributed by atoms with E-state index in [1.165, 1.54) is 5.56 Å². The Hall–Kier alpha value is -1.04. The molecule has 1 aliphatic rings. The van der Waals surface area contributed by atoms with E-state index in [0.29, 0.717) is 0 Å². The zero-order valence-corrected chi connectivity index (χ0v) is 15.0. The highest BCUT2D eigenvalue weighted by atomic mass is 35.5. The third-order valence-electron chi connectivity index (χ3n) is 4.15. The smallest absolute Gasteiger partial charge is 0.220 e. The van der Waals surface area contributed by atoms with Crippen molar-refractivity contribution in [3.63, 3.8) is 0 Å². The normalized spacial score (nSPS) is 16.3. The number of hydrogen-bond donors (Lipinski definition) is 2. The molecule has 0 saturated carbocycles. The van der Waals surface area contributed by atoms with Crippen LogP contribution >= 0.6 is 24.2 Å². The molecule has 0 aromatic heterocycles. The van der Waals surface area contributed by atoms with Crippen LogP contribution in [0.2, 0.25) is 5.02 Å². The second kappa shape index (κ2) is 8.71. The minimum Gasteiger partial charge on any atom is -0.353 e. The molecule has 1 N–H and O–H groups in total. The monoisotopic (exact) mass is 354 g/mol. The number of nitrogens with zero attached hydrogens (tertiary/aromatic N) is 1. The summed E-state index contributed by atoms with van der Waals surface area (Å²) >= 11 is 9.73. The molecule has 0 atom stereocenters. The molecule has 0 spiro atoms. The largest absolute Gasteiger partial charge is 0.353 e. The Labute approximate surface area is 148 Å². The van der Waals surface area contributed by atoms with Gasteiger partial charge in [-0.25, -0.2) is 0 Å². The summed E-state index contributed by atoms with van der Waals surface area (Å²) in [6, 6.07) is 6.35. The molecule has 1 aromatic rings. The number of hydrogen-bond acceptors (Lipinski definition) is 3. The van der Waals surface area contributed by atoms with Gasteiger partial charge in [-0.3, -0.25) is 14.5 Å². The lowest BCUT2D eigenvalue weighted by Gasteiger charge is -2.32. The fourth-order valence-electron chi connectivity index (χ4n) is 2.82. The van der Waals surface area contributed by atoms with Gasteiger partial charge in [0.1, 0.15) is 0 Å². The quantitative estimate of drug-likeness (QED) is 0.772. The van der Waals surface area contributed by atoms with Crippen LogP contribution in [0.5, 0.6) is 0 Å². The van der Waals surface area contributed by atoms with Gasteiger partial charge < -0.3 is 5.32 Å². The molecule has 4 nitrogen and oxygen atoms in total. The van der Waals surface area contributed by atoms with Gasteiger partial charge in [-0.05, 0) is 37.0 Å². The van der Waals surface area contributed by atoms with E-state index in [4.69, 9.17) is 11.6 Å². The molecule has 1 amide bonds. The first-order chi connectivity index (χ1) is 10.9. The lowest BCUT2D eigenvalue weighted by atomic mass is 10.0. The van der Waals surface area contributed by atoms with Gasteiger partial charge in [0.15, 0.2) is 5.12 Å². The number of likely N-dealkylation sites (tertiary alicyclic amines) is 1. The fourth-order valence-corrected chi connectivity index (χ4v) is 3.05. The summed E-state index contributed by atoms with van der Waals surface area (Å²) < 4.78 is 0. The molecule has 2 rings (SSSR count). The predicted octanol–water partition coefficient (Wildman–Crippen LogP) is 2.97. The molecule has 0 aliphatic carbocycles. The third kappa shape index (κ3) is 6.16. The van der Waals surface area contributed by atoms with Gasteiger partial charge in [0.25, 0.3) is 0 Å². The van der Waals surface area contributed by atoms with E-state index in [-0.39, 0.29) is 29.9 Å². The van der Waals surface area contributed by atoms with Crippen molar-refractivity contribution in [3.8, 4) is 0 Å². The van der Waals surface area contributed by atoms with Gasteiger partial charge in [-0.2, -0.15) is 0 Å². The molecular weight excluding hydrogens is 332 g/mol. The molecule has 23 heavy (non-hydrogen) atoms. The standard InChI is InChI=1S/C17H23ClN2O2S/c1-12-10-13(2-3-15(12)18)11-20-8-6-14(7-9-20)19-16(21)4-5-17(22)23/h2-3,10,14H,4-9,11H2,1H3,(H,19,21)(H,22,23). The van der Waals surface area contributed by atoms with Crippen molar-refractivity contribution in [2.75, 3.05) is 13.1 Å². The van der Waals surface area contributed by atoms with Crippen LogP contribution in [-0.4, -0.2) is 35.1 Å². The van der Waals surface area contributed by atoms with Crippen LogP contribution in [0.15, 0.2) is 18.2 Å². The topological polar surface area (TPSA) is 49.4 Å². The minimum absolute atomic E-state index is 0.0563. The fraction of sp³-hybridized carbons (Fsp3) is 0.529. The van der Waals surface area contributed by atoms with Crippen molar-refractivity contribution in [1.82, 2.24) is 10.2 Å². The molecule has 126 valence electrons. The van der Waals surface area contributed by atoms with Crippen LogP contribution in [0.4, 0.5) is 0 Å². The Kier molecular flexibility index (Phi) is 6.93. The summed E-state index contributed by atoms with van der Waals surface area (Å²) in [4.78, 5) is 24.9. The van der Waals surface area contributed by atoms with Crippen molar-refractivity contribution >= 4 is 35.3 Å². The van der Waals surface area contributed by atoms with Gasteiger partial charge >= 0.3 is 0 Å². The van der Waals surface area contributed by atoms with Crippen LogP contribution in [0.1, 0.15) is 36.8 Å². The van der Waals surface area contributed by atoms with Crippen molar-refractivity contribution in [2.45, 2.75) is 45.2 Å². The molecule has 1 aliphatic heterocycles. The summed E-state index contributed by atoms with van der Waals surface area (Å²) in [7, 11) is 0. The second-order valence-electron chi connectivity index (χ2n) is 6.10. The maximum Gasteiger partial charge on any atom is 0.220 e. The Morgan fingerprint density at radius 3 is 2.61 bits per heavy atom. The zero-order chi connectivity index (χ0) is 16.8. The number of nitrogens with one attached hydrogen (secondary N) is 1. The first-order valence-electron chi connectivity index (χ1n) is 7.92. The summed E-state index contributed by atoms with van der Waals surface area (Å²) in [6.45, 7) is 4.84. The summed E-state index contributed by atoms with van der Waals surface area (Å²) in [5.74, 6) is -0.0563. The molecule has 0 radical (unpaired) electrons. The summed E-state index contributed by atoms with van der Waals surface area (Å²) in [5.41, 5.74) is 2.37. The average Bonchev–Trinajstić information content (AvgIpc) is 2.51. The first kappa shape index (κ1) is 18.3. The van der Waals surface area contributed by atoms with E-state index in [0.717, 1.165) is 43.1 Å². The summed E-state index contributed by atoms with van der Waals surface area (Å²) in [5, 5.41) is 3.56. The van der Waals surface area contributed by atoms with Gasteiger partial charge in [0, 0.05) is 43.5 Å². The number of carbonyl (C=O) groups is 2. The molecular formula is C17H23ClN2O2S. The van der Waals surface area contributed by atoms with Crippen LogP contribution in [0, 0.1) is 6.92 Å². The van der Waals surface area contributed by atoms with Gasteiger partial charge in [-0.1, -0.05) is 23.7 Å². The van der Waals surface area contributed by atoms with Crippen LogP contribution in [0.3, 0.4) is 0 Å². The number of piperidine rings is 1. The number of benzene rings is 1. The molecule has 1 heterocycles.